The average molecular weight is 558 g/mol. The Morgan fingerprint density at radius 1 is 0.571 bits per heavy atom. The van der Waals surface area contributed by atoms with Crippen molar-refractivity contribution in [2.75, 3.05) is 0 Å². The highest BCUT2D eigenvalue weighted by Crippen LogP contribution is 2.27. The van der Waals surface area contributed by atoms with Gasteiger partial charge in [0, 0.05) is 26.2 Å². The van der Waals surface area contributed by atoms with Crippen LogP contribution in [0, 0.1) is 5.92 Å². The Balaban J connectivity index is 1.60. The van der Waals surface area contributed by atoms with Crippen LogP contribution in [0.15, 0.2) is 126 Å². The molecule has 0 saturated heterocycles. The van der Waals surface area contributed by atoms with Crippen molar-refractivity contribution in [2.45, 2.75) is 84.2 Å². The Kier molecular flexibility index (Phi) is 11.0. The van der Waals surface area contributed by atoms with E-state index in [-0.39, 0.29) is 6.04 Å². The summed E-state index contributed by atoms with van der Waals surface area (Å²) in [7, 11) is 0. The van der Waals surface area contributed by atoms with Crippen molar-refractivity contribution in [3.05, 3.63) is 144 Å². The number of hydrogen-bond acceptors (Lipinski definition) is 2. The highest BCUT2D eigenvalue weighted by molar-refractivity contribution is 5.88. The van der Waals surface area contributed by atoms with Crippen LogP contribution >= 0.6 is 0 Å². The van der Waals surface area contributed by atoms with Gasteiger partial charge in [-0.05, 0) is 41.0 Å². The number of nitrogens with zero attached hydrogens (tertiary/aromatic N) is 3. The van der Waals surface area contributed by atoms with Gasteiger partial charge in [-0.3, -0.25) is 9.89 Å². The third-order valence-corrected chi connectivity index (χ3v) is 8.39. The van der Waals surface area contributed by atoms with Crippen LogP contribution in [0.3, 0.4) is 0 Å². The zero-order valence-electron chi connectivity index (χ0n) is 25.5. The third-order valence-electron chi connectivity index (χ3n) is 8.39. The minimum Gasteiger partial charge on any atom is -0.350 e. The Bertz CT molecular complexity index is 1250. The summed E-state index contributed by atoms with van der Waals surface area (Å²) in [4.78, 5) is 11.0. The van der Waals surface area contributed by atoms with Gasteiger partial charge >= 0.3 is 0 Å². The topological polar surface area (TPSA) is 18.8 Å². The van der Waals surface area contributed by atoms with E-state index in [9.17, 15) is 0 Å². The lowest BCUT2D eigenvalue weighted by atomic mass is 9.94. The molecular weight excluding hydrogens is 510 g/mol. The largest absolute Gasteiger partial charge is 0.350 e. The van der Waals surface area contributed by atoms with Crippen LogP contribution in [0.5, 0.6) is 0 Å². The second-order valence-electron chi connectivity index (χ2n) is 12.2. The van der Waals surface area contributed by atoms with Crippen LogP contribution in [0.25, 0.3) is 0 Å². The lowest BCUT2D eigenvalue weighted by molar-refractivity contribution is 0.169. The van der Waals surface area contributed by atoms with Crippen molar-refractivity contribution < 1.29 is 0 Å². The minimum absolute atomic E-state index is 0.166. The molecule has 5 rings (SSSR count). The molecule has 0 spiro atoms. The highest BCUT2D eigenvalue weighted by Gasteiger charge is 2.32. The monoisotopic (exact) mass is 557 g/mol. The minimum atomic E-state index is 0.166. The lowest BCUT2D eigenvalue weighted by Gasteiger charge is -2.41. The zero-order valence-corrected chi connectivity index (χ0v) is 25.5. The average Bonchev–Trinajstić information content (AvgIpc) is 3.03. The van der Waals surface area contributed by atoms with Crippen molar-refractivity contribution in [3.63, 3.8) is 0 Å². The normalized spacial score (nSPS) is 15.2. The summed E-state index contributed by atoms with van der Waals surface area (Å²) < 4.78 is 0. The van der Waals surface area contributed by atoms with Crippen LogP contribution in [-0.2, 0) is 26.2 Å². The summed E-state index contributed by atoms with van der Waals surface area (Å²) in [5, 5.41) is 0. The summed E-state index contributed by atoms with van der Waals surface area (Å²) in [6.07, 6.45) is 6.28. The van der Waals surface area contributed by atoms with Gasteiger partial charge in [-0.2, -0.15) is 0 Å². The molecule has 1 atom stereocenters. The van der Waals surface area contributed by atoms with E-state index in [0.717, 1.165) is 26.2 Å². The van der Waals surface area contributed by atoms with Gasteiger partial charge in [-0.1, -0.05) is 154 Å². The second-order valence-corrected chi connectivity index (χ2v) is 12.2. The Labute approximate surface area is 253 Å². The predicted octanol–water partition coefficient (Wildman–Crippen LogP) is 9.15. The van der Waals surface area contributed by atoms with Crippen LogP contribution < -0.4 is 0 Å². The van der Waals surface area contributed by atoms with E-state index >= 15 is 0 Å². The quantitative estimate of drug-likeness (QED) is 0.128. The van der Waals surface area contributed by atoms with Gasteiger partial charge in [0.25, 0.3) is 0 Å². The Morgan fingerprint density at radius 2 is 0.952 bits per heavy atom. The molecule has 0 N–H and O–H groups in total. The van der Waals surface area contributed by atoms with Crippen molar-refractivity contribution in [1.29, 1.82) is 0 Å². The molecule has 1 aliphatic rings. The second kappa shape index (κ2) is 15.5. The first-order valence-electron chi connectivity index (χ1n) is 15.9. The van der Waals surface area contributed by atoms with Gasteiger partial charge in [0.05, 0.1) is 12.1 Å². The van der Waals surface area contributed by atoms with Crippen molar-refractivity contribution in [3.8, 4) is 0 Å². The summed E-state index contributed by atoms with van der Waals surface area (Å²) >= 11 is 0. The van der Waals surface area contributed by atoms with Crippen molar-refractivity contribution >= 4 is 5.84 Å². The van der Waals surface area contributed by atoms with E-state index in [2.05, 4.69) is 145 Å². The summed E-state index contributed by atoms with van der Waals surface area (Å²) in [5.41, 5.74) is 5.33. The molecule has 0 radical (unpaired) electrons. The summed E-state index contributed by atoms with van der Waals surface area (Å²) in [5.74, 6) is 1.63. The molecule has 4 aromatic rings. The van der Waals surface area contributed by atoms with E-state index in [1.54, 1.807) is 0 Å². The molecule has 218 valence electrons. The molecule has 0 bridgehead atoms. The van der Waals surface area contributed by atoms with Gasteiger partial charge in [-0.25, -0.2) is 0 Å². The predicted molar refractivity (Wildman–Crippen MR) is 177 cm³/mol. The van der Waals surface area contributed by atoms with E-state index < -0.39 is 0 Å². The van der Waals surface area contributed by atoms with Gasteiger partial charge in [0.1, 0.15) is 5.84 Å². The Hall–Kier alpha value is -3.69. The van der Waals surface area contributed by atoms with Crippen LogP contribution in [0.2, 0.25) is 0 Å². The first-order valence-corrected chi connectivity index (χ1v) is 15.9. The van der Waals surface area contributed by atoms with Crippen LogP contribution in [0.1, 0.15) is 68.2 Å². The van der Waals surface area contributed by atoms with E-state index in [1.807, 2.05) is 0 Å². The molecule has 0 aliphatic heterocycles. The standard InChI is InChI=1S/C39H47N3/c1-32(2)38(41(28-33-18-8-3-9-19-33)29-34-20-10-4-11-21-34)39(40-37-26-16-7-17-27-37)42(30-35-22-12-5-13-23-35)31-36-24-14-6-15-25-36/h3-6,8-15,18-25,32,37-38H,7,16-17,26-31H2,1-2H3. The number of aliphatic imine (C=N–C) groups is 1. The maximum absolute atomic E-state index is 5.75. The number of rotatable bonds is 12. The van der Waals surface area contributed by atoms with E-state index in [1.165, 1.54) is 60.2 Å². The van der Waals surface area contributed by atoms with Crippen molar-refractivity contribution in [1.82, 2.24) is 9.80 Å². The molecule has 0 heterocycles. The van der Waals surface area contributed by atoms with Crippen LogP contribution in [0.4, 0.5) is 0 Å². The van der Waals surface area contributed by atoms with Gasteiger partial charge in [-0.15, -0.1) is 0 Å². The molecular formula is C39H47N3. The van der Waals surface area contributed by atoms with Crippen molar-refractivity contribution in [2.24, 2.45) is 10.9 Å². The third kappa shape index (κ3) is 8.66. The molecule has 0 aromatic heterocycles. The maximum atomic E-state index is 5.75. The summed E-state index contributed by atoms with van der Waals surface area (Å²) in [6, 6.07) is 44.4. The summed E-state index contributed by atoms with van der Waals surface area (Å²) in [6.45, 7) is 8.21. The van der Waals surface area contributed by atoms with Gasteiger partial charge in [0.2, 0.25) is 0 Å². The zero-order chi connectivity index (χ0) is 29.0. The molecule has 1 aliphatic carbocycles. The maximum Gasteiger partial charge on any atom is 0.118 e. The molecule has 4 aromatic carbocycles. The lowest BCUT2D eigenvalue weighted by Crippen LogP contribution is -2.51. The molecule has 1 fully saturated rings. The fraction of sp³-hybridized carbons (Fsp3) is 0.359. The van der Waals surface area contributed by atoms with E-state index in [4.69, 9.17) is 4.99 Å². The van der Waals surface area contributed by atoms with Crippen LogP contribution in [-0.4, -0.2) is 27.7 Å². The molecule has 0 amide bonds. The van der Waals surface area contributed by atoms with Gasteiger partial charge in [0.15, 0.2) is 0 Å². The fourth-order valence-electron chi connectivity index (χ4n) is 6.34. The molecule has 3 heteroatoms. The first-order chi connectivity index (χ1) is 20.7. The van der Waals surface area contributed by atoms with Gasteiger partial charge < -0.3 is 4.90 Å². The highest BCUT2D eigenvalue weighted by atomic mass is 15.3. The number of hydrogen-bond donors (Lipinski definition) is 0. The SMILES string of the molecule is CC(C)C(C(=NC1CCCCC1)N(Cc1ccccc1)Cc1ccccc1)N(Cc1ccccc1)Cc1ccccc1. The first kappa shape index (κ1) is 29.8. The fourth-order valence-corrected chi connectivity index (χ4v) is 6.34. The Morgan fingerprint density at radius 3 is 1.33 bits per heavy atom. The molecule has 42 heavy (non-hydrogen) atoms. The smallest absolute Gasteiger partial charge is 0.118 e. The number of amidine groups is 1. The van der Waals surface area contributed by atoms with E-state index in [0.29, 0.717) is 12.0 Å². The molecule has 1 saturated carbocycles. The molecule has 1 unspecified atom stereocenters. The number of benzene rings is 4. The molecule has 3 nitrogen and oxygen atoms in total.